The SMILES string of the molecule is Cc1nnc(NC(=O)[C@H](C)NC(=O)N2CCN(Cc3ccccc3)CC2)s1. The molecule has 1 saturated heterocycles. The normalized spacial score (nSPS) is 16.0. The first-order chi connectivity index (χ1) is 13.0. The highest BCUT2D eigenvalue weighted by Gasteiger charge is 2.24. The van der Waals surface area contributed by atoms with Crippen LogP contribution < -0.4 is 10.6 Å². The second-order valence-corrected chi connectivity index (χ2v) is 7.72. The van der Waals surface area contributed by atoms with Crippen molar-refractivity contribution in [3.05, 3.63) is 40.9 Å². The van der Waals surface area contributed by atoms with Crippen molar-refractivity contribution in [2.45, 2.75) is 26.4 Å². The Balaban J connectivity index is 1.42. The molecule has 0 aliphatic carbocycles. The topological polar surface area (TPSA) is 90.5 Å². The molecule has 27 heavy (non-hydrogen) atoms. The van der Waals surface area contributed by atoms with Gasteiger partial charge in [0.2, 0.25) is 11.0 Å². The van der Waals surface area contributed by atoms with E-state index in [9.17, 15) is 9.59 Å². The van der Waals surface area contributed by atoms with E-state index in [1.165, 1.54) is 16.9 Å². The molecular formula is C18H24N6O2S. The van der Waals surface area contributed by atoms with Gasteiger partial charge in [0, 0.05) is 32.7 Å². The van der Waals surface area contributed by atoms with E-state index >= 15 is 0 Å². The molecule has 144 valence electrons. The van der Waals surface area contributed by atoms with E-state index < -0.39 is 6.04 Å². The van der Waals surface area contributed by atoms with Gasteiger partial charge in [-0.05, 0) is 19.4 Å². The number of carbonyl (C=O) groups is 2. The standard InChI is InChI=1S/C18H24N6O2S/c1-13(16(25)20-17-22-21-14(2)27-17)19-18(26)24-10-8-23(9-11-24)12-15-6-4-3-5-7-15/h3-7,13H,8-12H2,1-2H3,(H,19,26)(H,20,22,25)/t13-/m0/s1. The number of urea groups is 1. The smallest absolute Gasteiger partial charge is 0.318 e. The number of hydrogen-bond acceptors (Lipinski definition) is 6. The van der Waals surface area contributed by atoms with E-state index in [0.29, 0.717) is 18.2 Å². The predicted octanol–water partition coefficient (Wildman–Crippen LogP) is 1.70. The molecule has 1 aliphatic rings. The molecule has 0 spiro atoms. The molecule has 1 atom stereocenters. The number of benzene rings is 1. The molecule has 0 radical (unpaired) electrons. The lowest BCUT2D eigenvalue weighted by Crippen LogP contribution is -2.54. The second-order valence-electron chi connectivity index (χ2n) is 6.54. The number of carbonyl (C=O) groups excluding carboxylic acids is 2. The van der Waals surface area contributed by atoms with Crippen molar-refractivity contribution in [1.82, 2.24) is 25.3 Å². The van der Waals surface area contributed by atoms with Gasteiger partial charge in [0.1, 0.15) is 11.0 Å². The summed E-state index contributed by atoms with van der Waals surface area (Å²) in [4.78, 5) is 28.7. The fraction of sp³-hybridized carbons (Fsp3) is 0.444. The molecule has 0 saturated carbocycles. The molecule has 9 heteroatoms. The minimum atomic E-state index is -0.649. The maximum atomic E-state index is 12.4. The first-order valence-corrected chi connectivity index (χ1v) is 9.75. The monoisotopic (exact) mass is 388 g/mol. The zero-order valence-corrected chi connectivity index (χ0v) is 16.3. The minimum absolute atomic E-state index is 0.217. The van der Waals surface area contributed by atoms with Crippen molar-refractivity contribution in [3.63, 3.8) is 0 Å². The lowest BCUT2D eigenvalue weighted by molar-refractivity contribution is -0.117. The summed E-state index contributed by atoms with van der Waals surface area (Å²) in [5.41, 5.74) is 1.27. The lowest BCUT2D eigenvalue weighted by atomic mass is 10.2. The van der Waals surface area contributed by atoms with Crippen LogP contribution >= 0.6 is 11.3 Å². The fourth-order valence-electron chi connectivity index (χ4n) is 2.85. The summed E-state index contributed by atoms with van der Waals surface area (Å²) in [7, 11) is 0. The molecule has 1 aliphatic heterocycles. The molecule has 3 amide bonds. The number of nitrogens with one attached hydrogen (secondary N) is 2. The van der Waals surface area contributed by atoms with Gasteiger partial charge in [0.05, 0.1) is 0 Å². The number of hydrogen-bond donors (Lipinski definition) is 2. The minimum Gasteiger partial charge on any atom is -0.326 e. The van der Waals surface area contributed by atoms with E-state index in [1.807, 2.05) is 25.1 Å². The Hall–Kier alpha value is -2.52. The molecule has 1 aromatic carbocycles. The van der Waals surface area contributed by atoms with Gasteiger partial charge in [0.15, 0.2) is 0 Å². The molecule has 2 heterocycles. The summed E-state index contributed by atoms with van der Waals surface area (Å²) >= 11 is 1.30. The third-order valence-corrected chi connectivity index (χ3v) is 5.15. The number of nitrogens with zero attached hydrogens (tertiary/aromatic N) is 4. The molecule has 2 aromatic rings. The van der Waals surface area contributed by atoms with Crippen molar-refractivity contribution >= 4 is 28.4 Å². The number of piperazine rings is 1. The van der Waals surface area contributed by atoms with Crippen molar-refractivity contribution in [3.8, 4) is 0 Å². The Morgan fingerprint density at radius 2 is 1.85 bits per heavy atom. The van der Waals surface area contributed by atoms with E-state index in [-0.39, 0.29) is 11.9 Å². The predicted molar refractivity (Wildman–Crippen MR) is 105 cm³/mol. The average Bonchev–Trinajstić information content (AvgIpc) is 3.07. The maximum absolute atomic E-state index is 12.4. The number of rotatable bonds is 5. The van der Waals surface area contributed by atoms with Crippen LogP contribution in [0.2, 0.25) is 0 Å². The second kappa shape index (κ2) is 8.92. The van der Waals surface area contributed by atoms with Crippen LogP contribution in [-0.2, 0) is 11.3 Å². The Morgan fingerprint density at radius 3 is 2.48 bits per heavy atom. The summed E-state index contributed by atoms with van der Waals surface area (Å²) in [6, 6.07) is 9.44. The molecule has 1 aromatic heterocycles. The molecule has 3 rings (SSSR count). The summed E-state index contributed by atoms with van der Waals surface area (Å²) in [6.45, 7) is 7.27. The van der Waals surface area contributed by atoms with E-state index in [4.69, 9.17) is 0 Å². The highest BCUT2D eigenvalue weighted by Crippen LogP contribution is 2.14. The van der Waals surface area contributed by atoms with Gasteiger partial charge in [-0.25, -0.2) is 4.79 Å². The van der Waals surface area contributed by atoms with Crippen LogP contribution in [0.4, 0.5) is 9.93 Å². The summed E-state index contributed by atoms with van der Waals surface area (Å²) in [5, 5.41) is 14.3. The van der Waals surface area contributed by atoms with Crippen LogP contribution in [0.3, 0.4) is 0 Å². The van der Waals surface area contributed by atoms with Crippen LogP contribution in [0, 0.1) is 6.92 Å². The summed E-state index contributed by atoms with van der Waals surface area (Å²) in [5.74, 6) is -0.304. The quantitative estimate of drug-likeness (QED) is 0.814. The van der Waals surface area contributed by atoms with Gasteiger partial charge in [-0.3, -0.25) is 15.0 Å². The number of amides is 3. The van der Waals surface area contributed by atoms with Gasteiger partial charge in [-0.1, -0.05) is 41.7 Å². The van der Waals surface area contributed by atoms with Gasteiger partial charge < -0.3 is 10.2 Å². The third kappa shape index (κ3) is 5.48. The van der Waals surface area contributed by atoms with Crippen LogP contribution in [0.5, 0.6) is 0 Å². The van der Waals surface area contributed by atoms with Crippen molar-refractivity contribution < 1.29 is 9.59 Å². The Labute approximate surface area is 162 Å². The Kier molecular flexibility index (Phi) is 6.36. The van der Waals surface area contributed by atoms with Crippen LogP contribution in [0.25, 0.3) is 0 Å². The third-order valence-electron chi connectivity index (χ3n) is 4.40. The van der Waals surface area contributed by atoms with Crippen LogP contribution in [0.1, 0.15) is 17.5 Å². The Bertz CT molecular complexity index is 773. The molecule has 2 N–H and O–H groups in total. The van der Waals surface area contributed by atoms with Crippen molar-refractivity contribution in [2.24, 2.45) is 0 Å². The fourth-order valence-corrected chi connectivity index (χ4v) is 3.45. The molecule has 1 fully saturated rings. The average molecular weight is 388 g/mol. The lowest BCUT2D eigenvalue weighted by Gasteiger charge is -2.35. The summed E-state index contributed by atoms with van der Waals surface area (Å²) < 4.78 is 0. The Morgan fingerprint density at radius 1 is 1.15 bits per heavy atom. The van der Waals surface area contributed by atoms with E-state index in [0.717, 1.165) is 24.6 Å². The van der Waals surface area contributed by atoms with E-state index in [1.54, 1.807) is 11.8 Å². The molecule has 0 unspecified atom stereocenters. The highest BCUT2D eigenvalue weighted by atomic mass is 32.1. The first kappa shape index (κ1) is 19.2. The molecule has 0 bridgehead atoms. The van der Waals surface area contributed by atoms with Crippen LogP contribution in [0.15, 0.2) is 30.3 Å². The highest BCUT2D eigenvalue weighted by molar-refractivity contribution is 7.15. The number of anilines is 1. The number of aromatic nitrogens is 2. The van der Waals surface area contributed by atoms with E-state index in [2.05, 4.69) is 37.9 Å². The van der Waals surface area contributed by atoms with Gasteiger partial charge in [-0.2, -0.15) is 0 Å². The zero-order valence-electron chi connectivity index (χ0n) is 15.5. The molecular weight excluding hydrogens is 364 g/mol. The van der Waals surface area contributed by atoms with Gasteiger partial charge >= 0.3 is 6.03 Å². The molecule has 8 nitrogen and oxygen atoms in total. The zero-order chi connectivity index (χ0) is 19.2. The van der Waals surface area contributed by atoms with Crippen molar-refractivity contribution in [2.75, 3.05) is 31.5 Å². The van der Waals surface area contributed by atoms with Gasteiger partial charge in [-0.15, -0.1) is 10.2 Å². The van der Waals surface area contributed by atoms with Gasteiger partial charge in [0.25, 0.3) is 0 Å². The number of aryl methyl sites for hydroxylation is 1. The maximum Gasteiger partial charge on any atom is 0.318 e. The van der Waals surface area contributed by atoms with Crippen molar-refractivity contribution in [1.29, 1.82) is 0 Å². The van der Waals surface area contributed by atoms with Crippen LogP contribution in [-0.4, -0.2) is 64.2 Å². The first-order valence-electron chi connectivity index (χ1n) is 8.94. The summed E-state index contributed by atoms with van der Waals surface area (Å²) in [6.07, 6.45) is 0. The largest absolute Gasteiger partial charge is 0.326 e.